The van der Waals surface area contributed by atoms with Crippen LogP contribution in [0.5, 0.6) is 11.5 Å². The van der Waals surface area contributed by atoms with E-state index in [4.69, 9.17) is 10.5 Å². The van der Waals surface area contributed by atoms with Crippen molar-refractivity contribution in [1.29, 1.82) is 0 Å². The summed E-state index contributed by atoms with van der Waals surface area (Å²) in [6.07, 6.45) is 8.20. The van der Waals surface area contributed by atoms with Crippen LogP contribution in [0.4, 0.5) is 27.8 Å². The van der Waals surface area contributed by atoms with Gasteiger partial charge in [0.05, 0.1) is 17.0 Å². The Balaban J connectivity index is 0.000000251. The molecule has 2 heterocycles. The van der Waals surface area contributed by atoms with Gasteiger partial charge in [-0.15, -0.1) is 0 Å². The second kappa shape index (κ2) is 13.1. The maximum Gasteiger partial charge on any atom is 0.253 e. The topological polar surface area (TPSA) is 111 Å². The molecule has 43 heavy (non-hydrogen) atoms. The minimum atomic E-state index is -1.74. The van der Waals surface area contributed by atoms with Crippen LogP contribution in [0.25, 0.3) is 0 Å². The Bertz CT molecular complexity index is 1560. The molecule has 5 rings (SSSR count). The van der Waals surface area contributed by atoms with Gasteiger partial charge in [0.2, 0.25) is 17.4 Å². The number of ether oxygens (including phenoxy) is 1. The summed E-state index contributed by atoms with van der Waals surface area (Å²) in [5.41, 5.74) is 6.73. The molecule has 2 amide bonds. The van der Waals surface area contributed by atoms with E-state index in [0.29, 0.717) is 11.3 Å². The number of rotatable bonds is 5. The highest BCUT2D eigenvalue weighted by Gasteiger charge is 2.33. The summed E-state index contributed by atoms with van der Waals surface area (Å²) in [6, 6.07) is 3.35. The zero-order valence-corrected chi connectivity index (χ0v) is 23.5. The van der Waals surface area contributed by atoms with Crippen molar-refractivity contribution in [1.82, 2.24) is 14.9 Å². The van der Waals surface area contributed by atoms with Gasteiger partial charge in [0.25, 0.3) is 11.8 Å². The number of nitrogens with zero attached hydrogens (tertiary/aromatic N) is 4. The Morgan fingerprint density at radius 1 is 0.930 bits per heavy atom. The van der Waals surface area contributed by atoms with E-state index >= 15 is 0 Å². The summed E-state index contributed by atoms with van der Waals surface area (Å²) < 4.78 is 73.7. The average Bonchev–Trinajstić information content (AvgIpc) is 3.31. The summed E-state index contributed by atoms with van der Waals surface area (Å²) >= 11 is 0. The maximum absolute atomic E-state index is 14.7. The number of carbonyl (C=O) groups excluding carboxylic acids is 2. The molecule has 0 radical (unpaired) electrons. The van der Waals surface area contributed by atoms with Crippen molar-refractivity contribution < 1.29 is 36.3 Å². The van der Waals surface area contributed by atoms with E-state index in [1.165, 1.54) is 36.5 Å². The Morgan fingerprint density at radius 3 is 2.07 bits per heavy atom. The quantitative estimate of drug-likeness (QED) is 0.171. The lowest BCUT2D eigenvalue weighted by Crippen LogP contribution is -2.41. The largest absolute Gasteiger partial charge is 0.451 e. The molecule has 2 aromatic carbocycles. The molecule has 2 N–H and O–H groups in total. The molecule has 0 saturated heterocycles. The van der Waals surface area contributed by atoms with Gasteiger partial charge in [-0.1, -0.05) is 6.92 Å². The van der Waals surface area contributed by atoms with Crippen LogP contribution in [0.1, 0.15) is 49.4 Å². The second-order valence-electron chi connectivity index (χ2n) is 10.1. The molecule has 226 valence electrons. The number of benzene rings is 2. The third kappa shape index (κ3) is 6.71. The lowest BCUT2D eigenvalue weighted by molar-refractivity contribution is -0.140. The average molecular weight is 602 g/mol. The van der Waals surface area contributed by atoms with Crippen molar-refractivity contribution in [2.24, 2.45) is 10.9 Å². The van der Waals surface area contributed by atoms with Crippen LogP contribution >= 0.6 is 0 Å². The first-order chi connectivity index (χ1) is 20.4. The number of hydrogen-bond donors (Lipinski definition) is 1. The molecule has 1 aliphatic carbocycles. The highest BCUT2D eigenvalue weighted by molar-refractivity contribution is 6.16. The fourth-order valence-corrected chi connectivity index (χ4v) is 4.93. The molecular formula is C30H28F5N5O3. The lowest BCUT2D eigenvalue weighted by Gasteiger charge is -2.31. The SMILES string of the molecule is CC1CCC(N2C(=O)C=CC2=O)CC1.CN=C(c1ccc(Oc2c(F)c(F)cc(F)c2F)cc1F)c1c(C)ncnc1N. The Kier molecular flexibility index (Phi) is 9.52. The van der Waals surface area contributed by atoms with Gasteiger partial charge in [-0.25, -0.2) is 23.1 Å². The molecule has 0 atom stereocenters. The van der Waals surface area contributed by atoms with Crippen molar-refractivity contribution >= 4 is 23.3 Å². The first kappa shape index (κ1) is 31.3. The summed E-state index contributed by atoms with van der Waals surface area (Å²) in [5, 5.41) is 0. The van der Waals surface area contributed by atoms with Crippen molar-refractivity contribution in [3.05, 3.63) is 88.7 Å². The van der Waals surface area contributed by atoms with E-state index < -0.39 is 40.6 Å². The van der Waals surface area contributed by atoms with E-state index in [1.54, 1.807) is 6.92 Å². The van der Waals surface area contributed by atoms with Gasteiger partial charge in [0.1, 0.15) is 23.7 Å². The third-order valence-corrected chi connectivity index (χ3v) is 7.21. The number of aromatic nitrogens is 2. The van der Waals surface area contributed by atoms with Crippen LogP contribution in [-0.4, -0.2) is 45.5 Å². The number of nitrogen functional groups attached to an aromatic ring is 1. The molecule has 1 aliphatic heterocycles. The molecule has 3 aromatic rings. The summed E-state index contributed by atoms with van der Waals surface area (Å²) in [5.74, 6) is -8.81. The highest BCUT2D eigenvalue weighted by Crippen LogP contribution is 2.32. The number of amides is 2. The molecule has 1 fully saturated rings. The first-order valence-electron chi connectivity index (χ1n) is 13.3. The van der Waals surface area contributed by atoms with Gasteiger partial charge >= 0.3 is 0 Å². The van der Waals surface area contributed by atoms with E-state index in [9.17, 15) is 31.5 Å². The van der Waals surface area contributed by atoms with Gasteiger partial charge in [0.15, 0.2) is 11.6 Å². The van der Waals surface area contributed by atoms with Crippen molar-refractivity contribution in [2.45, 2.75) is 45.6 Å². The van der Waals surface area contributed by atoms with E-state index in [2.05, 4.69) is 21.9 Å². The predicted molar refractivity (Wildman–Crippen MR) is 148 cm³/mol. The summed E-state index contributed by atoms with van der Waals surface area (Å²) in [4.78, 5) is 36.1. The summed E-state index contributed by atoms with van der Waals surface area (Å²) in [6.45, 7) is 3.86. The minimum Gasteiger partial charge on any atom is -0.451 e. The molecule has 13 heteroatoms. The van der Waals surface area contributed by atoms with Gasteiger partial charge in [0, 0.05) is 42.9 Å². The van der Waals surface area contributed by atoms with Crippen LogP contribution in [0.15, 0.2) is 47.7 Å². The zero-order valence-electron chi connectivity index (χ0n) is 23.5. The van der Waals surface area contributed by atoms with E-state index in [0.717, 1.165) is 43.7 Å². The fraction of sp³-hybridized carbons (Fsp3) is 0.300. The normalized spacial score (nSPS) is 18.5. The third-order valence-electron chi connectivity index (χ3n) is 7.21. The molecule has 2 aliphatic rings. The van der Waals surface area contributed by atoms with Crippen LogP contribution in [0.3, 0.4) is 0 Å². The Hall–Kier alpha value is -4.68. The molecule has 8 nitrogen and oxygen atoms in total. The monoisotopic (exact) mass is 601 g/mol. The number of halogens is 5. The smallest absolute Gasteiger partial charge is 0.253 e. The van der Waals surface area contributed by atoms with Crippen molar-refractivity contribution in [3.8, 4) is 11.5 Å². The Labute approximate surface area is 244 Å². The second-order valence-corrected chi connectivity index (χ2v) is 10.1. The van der Waals surface area contributed by atoms with Gasteiger partial charge in [-0.2, -0.15) is 8.78 Å². The number of hydrogen-bond acceptors (Lipinski definition) is 7. The molecule has 1 aromatic heterocycles. The fourth-order valence-electron chi connectivity index (χ4n) is 4.93. The number of nitrogens with two attached hydrogens (primary N) is 1. The molecule has 0 spiro atoms. The van der Waals surface area contributed by atoms with Crippen LogP contribution in [-0.2, 0) is 9.59 Å². The number of aliphatic imine (C=N–C) groups is 1. The number of imide groups is 1. The Morgan fingerprint density at radius 2 is 1.53 bits per heavy atom. The molecule has 0 bridgehead atoms. The molecular weight excluding hydrogens is 573 g/mol. The van der Waals surface area contributed by atoms with Crippen LogP contribution < -0.4 is 10.5 Å². The number of anilines is 1. The number of carbonyl (C=O) groups is 2. The predicted octanol–water partition coefficient (Wildman–Crippen LogP) is 5.81. The highest BCUT2D eigenvalue weighted by atomic mass is 19.2. The summed E-state index contributed by atoms with van der Waals surface area (Å²) in [7, 11) is 1.41. The standard InChI is InChI=1S/C19H13F5N4O.C11H15NO2/c1-8-14(19(25)28-7-27-8)17(26-2)10-4-3-9(5-11(10)20)29-18-15(23)12(21)6-13(22)16(18)24;1-8-2-4-9(5-3-8)12-10(13)6-7-11(12)14/h3-7H,1-2H3,(H2,25,27,28);6-9H,2-5H2,1H3. The zero-order chi connectivity index (χ0) is 31.4. The minimum absolute atomic E-state index is 0.0178. The number of aryl methyl sites for hydroxylation is 1. The van der Waals surface area contributed by atoms with E-state index in [-0.39, 0.29) is 41.0 Å². The van der Waals surface area contributed by atoms with Crippen LogP contribution in [0.2, 0.25) is 0 Å². The maximum atomic E-state index is 14.7. The van der Waals surface area contributed by atoms with Crippen molar-refractivity contribution in [2.75, 3.05) is 12.8 Å². The molecule has 1 saturated carbocycles. The molecule has 0 unspecified atom stereocenters. The van der Waals surface area contributed by atoms with Gasteiger partial charge in [-0.05, 0) is 50.7 Å². The first-order valence-corrected chi connectivity index (χ1v) is 13.3. The van der Waals surface area contributed by atoms with E-state index in [1.807, 2.05) is 0 Å². The van der Waals surface area contributed by atoms with Crippen molar-refractivity contribution in [3.63, 3.8) is 0 Å². The van der Waals surface area contributed by atoms with Gasteiger partial charge in [-0.3, -0.25) is 19.5 Å². The van der Waals surface area contributed by atoms with Crippen LogP contribution in [0, 0.1) is 41.9 Å². The van der Waals surface area contributed by atoms with Gasteiger partial charge < -0.3 is 10.5 Å². The lowest BCUT2D eigenvalue weighted by atomic mass is 9.86.